The van der Waals surface area contributed by atoms with E-state index < -0.39 is 0 Å². The normalized spacial score (nSPS) is 33.5. The van der Waals surface area contributed by atoms with Gasteiger partial charge in [0.15, 0.2) is 0 Å². The molecule has 1 aliphatic rings. The van der Waals surface area contributed by atoms with Gasteiger partial charge in [-0.1, -0.05) is 13.8 Å². The molecule has 0 heterocycles. The van der Waals surface area contributed by atoms with Crippen LogP contribution in [0.25, 0.3) is 0 Å². The average Bonchev–Trinajstić information content (AvgIpc) is 2.22. The fourth-order valence-electron chi connectivity index (χ4n) is 1.99. The van der Waals surface area contributed by atoms with Gasteiger partial charge in [-0.25, -0.2) is 0 Å². The molecule has 88 valence electrons. The molecule has 1 fully saturated rings. The predicted octanol–water partition coefficient (Wildman–Crippen LogP) is 1.96. The summed E-state index contributed by atoms with van der Waals surface area (Å²) >= 11 is 0. The van der Waals surface area contributed by atoms with Gasteiger partial charge in [-0.3, -0.25) is 4.79 Å². The fraction of sp³-hybridized carbons (Fsp3) is 0.917. The Bertz CT molecular complexity index is 218. The lowest BCUT2D eigenvalue weighted by Gasteiger charge is -2.32. The number of nitrogens with one attached hydrogen (secondary N) is 1. The van der Waals surface area contributed by atoms with Crippen molar-refractivity contribution in [2.45, 2.75) is 52.2 Å². The lowest BCUT2D eigenvalue weighted by Crippen LogP contribution is -2.37. The molecule has 0 aromatic carbocycles. The Morgan fingerprint density at radius 1 is 1.33 bits per heavy atom. The van der Waals surface area contributed by atoms with Crippen LogP contribution in [0.2, 0.25) is 0 Å². The molecule has 1 saturated carbocycles. The first kappa shape index (κ1) is 12.5. The molecule has 0 aromatic heterocycles. The summed E-state index contributed by atoms with van der Waals surface area (Å²) in [5.74, 6) is 1.31. The van der Waals surface area contributed by atoms with Crippen LogP contribution in [0.5, 0.6) is 0 Å². The number of likely N-dealkylation sites (N-methyl/N-ethyl adjacent to an activating group) is 1. The number of ether oxygens (including phenoxy) is 1. The maximum absolute atomic E-state index is 11.5. The van der Waals surface area contributed by atoms with Crippen molar-refractivity contribution in [1.82, 2.24) is 5.32 Å². The Morgan fingerprint density at radius 3 is 2.53 bits per heavy atom. The van der Waals surface area contributed by atoms with Crippen LogP contribution in [0.4, 0.5) is 0 Å². The van der Waals surface area contributed by atoms with Crippen LogP contribution >= 0.6 is 0 Å². The largest absolute Gasteiger partial charge is 0.461 e. The zero-order chi connectivity index (χ0) is 11.4. The van der Waals surface area contributed by atoms with E-state index in [1.807, 2.05) is 6.92 Å². The minimum absolute atomic E-state index is 0.121. The Labute approximate surface area is 92.6 Å². The van der Waals surface area contributed by atoms with Crippen molar-refractivity contribution in [2.75, 3.05) is 7.05 Å². The Hall–Kier alpha value is -0.570. The van der Waals surface area contributed by atoms with Crippen LogP contribution in [-0.2, 0) is 9.53 Å². The second-order valence-electron chi connectivity index (χ2n) is 4.84. The highest BCUT2D eigenvalue weighted by Crippen LogP contribution is 2.30. The van der Waals surface area contributed by atoms with Crippen LogP contribution in [0.1, 0.15) is 40.0 Å². The Balaban J connectivity index is 2.36. The zero-order valence-corrected chi connectivity index (χ0v) is 10.2. The summed E-state index contributed by atoms with van der Waals surface area (Å²) in [6.07, 6.45) is 3.35. The number of hydrogen-bond donors (Lipinski definition) is 1. The number of esters is 1. The number of carbonyl (C=O) groups is 1. The summed E-state index contributed by atoms with van der Waals surface area (Å²) in [6, 6.07) is -0.195. The van der Waals surface area contributed by atoms with Gasteiger partial charge < -0.3 is 10.1 Å². The average molecular weight is 213 g/mol. The first-order chi connectivity index (χ1) is 7.04. The molecule has 1 N–H and O–H groups in total. The van der Waals surface area contributed by atoms with Crippen molar-refractivity contribution in [3.63, 3.8) is 0 Å². The lowest BCUT2D eigenvalue weighted by atomic mass is 9.80. The van der Waals surface area contributed by atoms with Crippen LogP contribution in [-0.4, -0.2) is 25.2 Å². The third-order valence-electron chi connectivity index (χ3n) is 3.62. The molecule has 15 heavy (non-hydrogen) atoms. The summed E-state index contributed by atoms with van der Waals surface area (Å²) in [4.78, 5) is 11.5. The Morgan fingerprint density at radius 2 is 2.00 bits per heavy atom. The van der Waals surface area contributed by atoms with Crippen molar-refractivity contribution in [1.29, 1.82) is 0 Å². The van der Waals surface area contributed by atoms with Crippen LogP contribution < -0.4 is 5.32 Å². The van der Waals surface area contributed by atoms with Crippen molar-refractivity contribution >= 4 is 5.97 Å². The van der Waals surface area contributed by atoms with Crippen molar-refractivity contribution in [2.24, 2.45) is 11.8 Å². The van der Waals surface area contributed by atoms with E-state index in [2.05, 4.69) is 19.2 Å². The van der Waals surface area contributed by atoms with E-state index in [1.54, 1.807) is 7.05 Å². The summed E-state index contributed by atoms with van der Waals surface area (Å²) in [6.45, 7) is 6.35. The third-order valence-corrected chi connectivity index (χ3v) is 3.62. The predicted molar refractivity (Wildman–Crippen MR) is 60.6 cm³/mol. The van der Waals surface area contributed by atoms with Crippen LogP contribution in [0.15, 0.2) is 0 Å². The first-order valence-electron chi connectivity index (χ1n) is 5.92. The summed E-state index contributed by atoms with van der Waals surface area (Å²) in [5.41, 5.74) is 0. The standard InChI is InChI=1S/C12H23NO2/c1-8-5-6-11(7-9(8)2)15-12(14)10(3)13-4/h8-11,13H,5-7H2,1-4H3. The van der Waals surface area contributed by atoms with Gasteiger partial charge in [0.1, 0.15) is 12.1 Å². The Kier molecular flexibility index (Phi) is 4.58. The molecule has 4 atom stereocenters. The van der Waals surface area contributed by atoms with E-state index in [1.165, 1.54) is 6.42 Å². The minimum Gasteiger partial charge on any atom is -0.461 e. The number of hydrogen-bond acceptors (Lipinski definition) is 3. The highest BCUT2D eigenvalue weighted by atomic mass is 16.5. The van der Waals surface area contributed by atoms with Gasteiger partial charge >= 0.3 is 5.97 Å². The molecule has 0 amide bonds. The molecule has 0 radical (unpaired) electrons. The highest BCUT2D eigenvalue weighted by molar-refractivity contribution is 5.75. The van der Waals surface area contributed by atoms with Crippen LogP contribution in [0, 0.1) is 11.8 Å². The molecule has 3 heteroatoms. The molecule has 0 saturated heterocycles. The molecule has 0 bridgehead atoms. The quantitative estimate of drug-likeness (QED) is 0.728. The van der Waals surface area contributed by atoms with E-state index >= 15 is 0 Å². The summed E-state index contributed by atoms with van der Waals surface area (Å²) in [5, 5.41) is 2.90. The molecule has 0 spiro atoms. The maximum atomic E-state index is 11.5. The van der Waals surface area contributed by atoms with Crippen molar-refractivity contribution in [3.8, 4) is 0 Å². The monoisotopic (exact) mass is 213 g/mol. The second-order valence-corrected chi connectivity index (χ2v) is 4.84. The van der Waals surface area contributed by atoms with Gasteiger partial charge in [0.25, 0.3) is 0 Å². The van der Waals surface area contributed by atoms with Gasteiger partial charge in [-0.2, -0.15) is 0 Å². The fourth-order valence-corrected chi connectivity index (χ4v) is 1.99. The molecule has 4 unspecified atom stereocenters. The topological polar surface area (TPSA) is 38.3 Å². The molecule has 1 rings (SSSR count). The van der Waals surface area contributed by atoms with Crippen molar-refractivity contribution in [3.05, 3.63) is 0 Å². The van der Waals surface area contributed by atoms with E-state index in [9.17, 15) is 4.79 Å². The second kappa shape index (κ2) is 5.50. The van der Waals surface area contributed by atoms with Crippen LogP contribution in [0.3, 0.4) is 0 Å². The maximum Gasteiger partial charge on any atom is 0.323 e. The molecule has 0 aliphatic heterocycles. The van der Waals surface area contributed by atoms with Gasteiger partial charge in [-0.05, 0) is 45.1 Å². The van der Waals surface area contributed by atoms with Gasteiger partial charge in [0.2, 0.25) is 0 Å². The SMILES string of the molecule is CNC(C)C(=O)OC1CCC(C)C(C)C1. The van der Waals surface area contributed by atoms with Crippen molar-refractivity contribution < 1.29 is 9.53 Å². The summed E-state index contributed by atoms with van der Waals surface area (Å²) in [7, 11) is 1.78. The van der Waals surface area contributed by atoms with E-state index in [0.717, 1.165) is 18.8 Å². The lowest BCUT2D eigenvalue weighted by molar-refractivity contribution is -0.153. The molecular formula is C12H23NO2. The molecule has 1 aliphatic carbocycles. The van der Waals surface area contributed by atoms with E-state index in [4.69, 9.17) is 4.74 Å². The molecule has 3 nitrogen and oxygen atoms in total. The minimum atomic E-state index is -0.195. The zero-order valence-electron chi connectivity index (χ0n) is 10.2. The van der Waals surface area contributed by atoms with E-state index in [-0.39, 0.29) is 18.1 Å². The molecular weight excluding hydrogens is 190 g/mol. The van der Waals surface area contributed by atoms with Gasteiger partial charge in [-0.15, -0.1) is 0 Å². The van der Waals surface area contributed by atoms with E-state index in [0.29, 0.717) is 5.92 Å². The first-order valence-corrected chi connectivity index (χ1v) is 5.92. The molecule has 0 aromatic rings. The number of carbonyl (C=O) groups excluding carboxylic acids is 1. The van der Waals surface area contributed by atoms with Gasteiger partial charge in [0, 0.05) is 0 Å². The smallest absolute Gasteiger partial charge is 0.323 e. The highest BCUT2D eigenvalue weighted by Gasteiger charge is 2.27. The summed E-state index contributed by atoms with van der Waals surface area (Å²) < 4.78 is 5.46. The third kappa shape index (κ3) is 3.49. The van der Waals surface area contributed by atoms with Gasteiger partial charge in [0.05, 0.1) is 0 Å². The number of rotatable bonds is 3.